The molecule has 0 N–H and O–H groups in total. The Morgan fingerprint density at radius 2 is 1.04 bits per heavy atom. The molecule has 8 aromatic carbocycles. The lowest BCUT2D eigenvalue weighted by molar-refractivity contribution is 0.661. The van der Waals surface area contributed by atoms with Crippen molar-refractivity contribution in [3.05, 3.63) is 199 Å². The SMILES string of the molecule is CC1(C)c2ccc(N(c3ccc(-c4ccccc4)cc3)c3ccc(-c4cccc(-c5ccccc5)c4)cc3)cc2-c2c1ccc1c2sc2ccc#cc21. The summed E-state index contributed by atoms with van der Waals surface area (Å²) >= 11 is 1.87. The van der Waals surface area contributed by atoms with Crippen LogP contribution in [0.3, 0.4) is 0 Å². The van der Waals surface area contributed by atoms with Crippen LogP contribution in [0.5, 0.6) is 0 Å². The van der Waals surface area contributed by atoms with Gasteiger partial charge in [-0.05, 0) is 105 Å². The molecule has 1 heterocycles. The molecule has 1 aliphatic rings. The van der Waals surface area contributed by atoms with Crippen molar-refractivity contribution < 1.29 is 0 Å². The number of thiophene rings is 1. The summed E-state index contributed by atoms with van der Waals surface area (Å²) in [5.74, 6) is 0. The number of rotatable bonds is 6. The van der Waals surface area contributed by atoms with E-state index in [9.17, 15) is 0 Å². The van der Waals surface area contributed by atoms with E-state index in [-0.39, 0.29) is 5.41 Å². The van der Waals surface area contributed by atoms with Crippen LogP contribution in [0.1, 0.15) is 25.0 Å². The van der Waals surface area contributed by atoms with E-state index >= 15 is 0 Å². The second kappa shape index (κ2) is 12.4. The zero-order chi connectivity index (χ0) is 35.5. The van der Waals surface area contributed by atoms with Crippen LogP contribution in [-0.2, 0) is 5.41 Å². The molecule has 1 nitrogen and oxygen atoms in total. The van der Waals surface area contributed by atoms with Crippen LogP contribution in [0.15, 0.2) is 176 Å². The Bertz CT molecular complexity index is 2780. The normalized spacial score (nSPS) is 12.7. The van der Waals surface area contributed by atoms with Crippen LogP contribution in [-0.4, -0.2) is 0 Å². The molecule has 0 spiro atoms. The van der Waals surface area contributed by atoms with Crippen LogP contribution < -0.4 is 4.90 Å². The maximum atomic E-state index is 3.40. The van der Waals surface area contributed by atoms with Crippen molar-refractivity contribution in [2.75, 3.05) is 4.90 Å². The quantitative estimate of drug-likeness (QED) is 0.168. The standard InChI is InChI=1S/C51H35NS/c1-51(2)46-30-28-42(33-45(46)49-47(51)31-29-44-43-18-9-10-19-48(43)53-50(44)49)52(40-24-20-36(21-25-40)34-12-5-3-6-13-34)41-26-22-37(23-27-41)39-17-11-16-38(32-39)35-14-7-4-8-15-35/h3-8,10-17,19-33H,1-2H3. The lowest BCUT2D eigenvalue weighted by atomic mass is 9.82. The molecule has 0 unspecified atom stereocenters. The monoisotopic (exact) mass is 693 g/mol. The second-order valence-electron chi connectivity index (χ2n) is 14.4. The third-order valence-corrected chi connectivity index (χ3v) is 12.1. The molecule has 1 aromatic heterocycles. The average molecular weight is 694 g/mol. The Morgan fingerprint density at radius 1 is 0.491 bits per heavy atom. The third kappa shape index (κ3) is 5.24. The van der Waals surface area contributed by atoms with Gasteiger partial charge in [0.15, 0.2) is 0 Å². The van der Waals surface area contributed by atoms with Crippen molar-refractivity contribution in [2.45, 2.75) is 19.3 Å². The number of hydrogen-bond acceptors (Lipinski definition) is 2. The van der Waals surface area contributed by atoms with Crippen molar-refractivity contribution in [1.82, 2.24) is 0 Å². The van der Waals surface area contributed by atoms with Crippen LogP contribution in [0, 0.1) is 12.1 Å². The molecule has 0 saturated heterocycles. The summed E-state index contributed by atoms with van der Waals surface area (Å²) in [6.07, 6.45) is 0. The van der Waals surface area contributed by atoms with Gasteiger partial charge in [-0.15, -0.1) is 11.3 Å². The molecule has 0 aliphatic heterocycles. The molecule has 9 aromatic rings. The zero-order valence-electron chi connectivity index (χ0n) is 29.6. The molecule has 10 rings (SSSR count). The first-order valence-corrected chi connectivity index (χ1v) is 19.0. The van der Waals surface area contributed by atoms with Gasteiger partial charge in [-0.3, -0.25) is 0 Å². The Labute approximate surface area is 315 Å². The van der Waals surface area contributed by atoms with Gasteiger partial charge in [0.1, 0.15) is 0 Å². The number of anilines is 3. The summed E-state index contributed by atoms with van der Waals surface area (Å²) in [7, 11) is 0. The zero-order valence-corrected chi connectivity index (χ0v) is 30.4. The topological polar surface area (TPSA) is 3.24 Å². The Hall–Kier alpha value is -6.40. The minimum atomic E-state index is -0.110. The van der Waals surface area contributed by atoms with E-state index < -0.39 is 0 Å². The highest BCUT2D eigenvalue weighted by Crippen LogP contribution is 2.55. The van der Waals surface area contributed by atoms with Crippen molar-refractivity contribution >= 4 is 48.6 Å². The van der Waals surface area contributed by atoms with Crippen LogP contribution in [0.25, 0.3) is 64.7 Å². The molecule has 2 heteroatoms. The maximum absolute atomic E-state index is 3.40. The predicted octanol–water partition coefficient (Wildman–Crippen LogP) is 14.4. The Balaban J connectivity index is 1.11. The van der Waals surface area contributed by atoms with Gasteiger partial charge in [0.25, 0.3) is 0 Å². The first-order valence-electron chi connectivity index (χ1n) is 18.2. The molecular weight excluding hydrogens is 659 g/mol. The van der Waals surface area contributed by atoms with E-state index in [4.69, 9.17) is 0 Å². The fourth-order valence-electron chi connectivity index (χ4n) is 8.21. The Kier molecular flexibility index (Phi) is 7.32. The summed E-state index contributed by atoms with van der Waals surface area (Å²) < 4.78 is 2.59. The Morgan fingerprint density at radius 3 is 1.70 bits per heavy atom. The number of nitrogens with zero attached hydrogens (tertiary/aromatic N) is 1. The number of fused-ring (bicyclic) bond motifs is 7. The van der Waals surface area contributed by atoms with Crippen molar-refractivity contribution in [1.29, 1.82) is 0 Å². The molecular formula is C51H35NS. The lowest BCUT2D eigenvalue weighted by Gasteiger charge is -2.27. The van der Waals surface area contributed by atoms with E-state index in [2.05, 4.69) is 201 Å². The highest BCUT2D eigenvalue weighted by Gasteiger charge is 2.37. The van der Waals surface area contributed by atoms with E-state index in [1.165, 1.54) is 70.4 Å². The van der Waals surface area contributed by atoms with Gasteiger partial charge in [0, 0.05) is 42.8 Å². The molecule has 53 heavy (non-hydrogen) atoms. The van der Waals surface area contributed by atoms with Gasteiger partial charge in [0.05, 0.1) is 5.39 Å². The van der Waals surface area contributed by atoms with Crippen molar-refractivity contribution in [3.63, 3.8) is 0 Å². The third-order valence-electron chi connectivity index (χ3n) is 10.9. The van der Waals surface area contributed by atoms with Gasteiger partial charge >= 0.3 is 0 Å². The maximum Gasteiger partial charge on any atom is 0.0508 e. The molecule has 0 saturated carbocycles. The van der Waals surface area contributed by atoms with E-state index in [0.717, 1.165) is 22.4 Å². The first kappa shape index (κ1) is 31.3. The van der Waals surface area contributed by atoms with Crippen molar-refractivity contribution in [3.8, 4) is 44.5 Å². The molecule has 250 valence electrons. The summed E-state index contributed by atoms with van der Waals surface area (Å²) in [4.78, 5) is 2.40. The minimum Gasteiger partial charge on any atom is -0.310 e. The van der Waals surface area contributed by atoms with Crippen LogP contribution in [0.4, 0.5) is 17.1 Å². The minimum absolute atomic E-state index is 0.110. The highest BCUT2D eigenvalue weighted by molar-refractivity contribution is 7.26. The van der Waals surface area contributed by atoms with Crippen LogP contribution in [0.2, 0.25) is 0 Å². The van der Waals surface area contributed by atoms with E-state index in [1.54, 1.807) is 0 Å². The first-order chi connectivity index (χ1) is 26.0. The van der Waals surface area contributed by atoms with Gasteiger partial charge < -0.3 is 4.90 Å². The molecule has 0 radical (unpaired) electrons. The molecule has 1 aliphatic carbocycles. The molecule has 0 bridgehead atoms. The number of benzene rings is 7. The van der Waals surface area contributed by atoms with Gasteiger partial charge in [-0.25, -0.2) is 0 Å². The van der Waals surface area contributed by atoms with E-state index in [1.807, 2.05) is 17.4 Å². The lowest BCUT2D eigenvalue weighted by Crippen LogP contribution is -2.15. The fraction of sp³-hybridized carbons (Fsp3) is 0.0588. The smallest absolute Gasteiger partial charge is 0.0508 e. The van der Waals surface area contributed by atoms with Crippen molar-refractivity contribution in [2.24, 2.45) is 0 Å². The fourth-order valence-corrected chi connectivity index (χ4v) is 9.43. The highest BCUT2D eigenvalue weighted by atomic mass is 32.1. The van der Waals surface area contributed by atoms with Gasteiger partial charge in [0.2, 0.25) is 0 Å². The average Bonchev–Trinajstić information content (AvgIpc) is 3.71. The van der Waals surface area contributed by atoms with Crippen LogP contribution >= 0.6 is 11.3 Å². The number of hydrogen-bond donors (Lipinski definition) is 0. The van der Waals surface area contributed by atoms with Gasteiger partial charge in [-0.2, -0.15) is 0 Å². The largest absolute Gasteiger partial charge is 0.310 e. The second-order valence-corrected chi connectivity index (χ2v) is 15.5. The van der Waals surface area contributed by atoms with E-state index in [0.29, 0.717) is 0 Å². The molecule has 0 atom stereocenters. The summed E-state index contributed by atoms with van der Waals surface area (Å²) in [5, 5.41) is 2.42. The van der Waals surface area contributed by atoms with Gasteiger partial charge in [-0.1, -0.05) is 147 Å². The molecule has 0 fully saturated rings. The summed E-state index contributed by atoms with van der Waals surface area (Å²) in [6, 6.07) is 70.5. The predicted molar refractivity (Wildman–Crippen MR) is 226 cm³/mol. The summed E-state index contributed by atoms with van der Waals surface area (Å²) in [6.45, 7) is 4.73. The molecule has 0 amide bonds. The summed E-state index contributed by atoms with van der Waals surface area (Å²) in [5.41, 5.74) is 15.9.